The van der Waals surface area contributed by atoms with Crippen LogP contribution >= 0.6 is 11.6 Å². The Hall–Kier alpha value is -2.59. The quantitative estimate of drug-likeness (QED) is 0.752. The van der Waals surface area contributed by atoms with E-state index in [0.29, 0.717) is 16.9 Å². The second-order valence-corrected chi connectivity index (χ2v) is 4.80. The third kappa shape index (κ3) is 2.53. The number of nitrogens with zero attached hydrogens (tertiary/aromatic N) is 2. The average molecular weight is 299 g/mol. The highest BCUT2D eigenvalue weighted by Crippen LogP contribution is 2.24. The summed E-state index contributed by atoms with van der Waals surface area (Å²) in [6.07, 6.45) is 3.34. The van der Waals surface area contributed by atoms with Crippen molar-refractivity contribution in [1.29, 1.82) is 0 Å². The first-order valence-electron chi connectivity index (χ1n) is 6.30. The molecule has 0 spiro atoms. The lowest BCUT2D eigenvalue weighted by molar-refractivity contribution is -0.130. The van der Waals surface area contributed by atoms with Gasteiger partial charge in [0.2, 0.25) is 0 Å². The van der Waals surface area contributed by atoms with Gasteiger partial charge in [-0.15, -0.1) is 0 Å². The van der Waals surface area contributed by atoms with E-state index in [0.717, 1.165) is 0 Å². The van der Waals surface area contributed by atoms with E-state index in [2.05, 4.69) is 4.98 Å². The number of aliphatic carboxylic acids is 1. The molecule has 0 bridgehead atoms. The van der Waals surface area contributed by atoms with Crippen molar-refractivity contribution in [2.24, 2.45) is 0 Å². The highest BCUT2D eigenvalue weighted by atomic mass is 35.5. The van der Waals surface area contributed by atoms with Gasteiger partial charge in [0.15, 0.2) is 5.15 Å². The minimum Gasteiger partial charge on any atom is -0.478 e. The van der Waals surface area contributed by atoms with Gasteiger partial charge in [0.25, 0.3) is 0 Å². The molecule has 0 aliphatic heterocycles. The molecule has 0 aliphatic carbocycles. The summed E-state index contributed by atoms with van der Waals surface area (Å²) in [5.41, 5.74) is 2.01. The van der Waals surface area contributed by atoms with Crippen molar-refractivity contribution < 1.29 is 9.90 Å². The minimum atomic E-state index is -1.01. The van der Waals surface area contributed by atoms with Gasteiger partial charge in [-0.1, -0.05) is 48.0 Å². The van der Waals surface area contributed by atoms with Crippen LogP contribution in [-0.2, 0) is 4.79 Å². The molecule has 3 aromatic rings. The Labute approximate surface area is 125 Å². The third-order valence-electron chi connectivity index (χ3n) is 3.12. The molecule has 0 saturated carbocycles. The molecule has 3 rings (SSSR count). The standard InChI is InChI=1S/C16H11ClN2O2/c17-15-13(19-9-5-4-8-14(19)18-15)10-12(16(20)21)11-6-2-1-3-7-11/h1-10H,(H,20,21)/b12-10-. The van der Waals surface area contributed by atoms with Crippen LogP contribution in [0.5, 0.6) is 0 Å². The highest BCUT2D eigenvalue weighted by Gasteiger charge is 2.14. The molecular weight excluding hydrogens is 288 g/mol. The van der Waals surface area contributed by atoms with E-state index in [1.54, 1.807) is 40.9 Å². The maximum Gasteiger partial charge on any atom is 0.336 e. The average Bonchev–Trinajstić information content (AvgIpc) is 2.81. The second kappa shape index (κ2) is 5.42. The number of halogens is 1. The first-order chi connectivity index (χ1) is 10.2. The van der Waals surface area contributed by atoms with Crippen molar-refractivity contribution >= 4 is 34.9 Å². The van der Waals surface area contributed by atoms with Crippen LogP contribution < -0.4 is 0 Å². The van der Waals surface area contributed by atoms with Crippen LogP contribution in [0.1, 0.15) is 11.3 Å². The smallest absolute Gasteiger partial charge is 0.336 e. The van der Waals surface area contributed by atoms with Crippen LogP contribution in [0.15, 0.2) is 54.7 Å². The normalized spacial score (nSPS) is 11.8. The Kier molecular flexibility index (Phi) is 3.46. The van der Waals surface area contributed by atoms with Gasteiger partial charge in [-0.3, -0.25) is 4.40 Å². The van der Waals surface area contributed by atoms with Crippen molar-refractivity contribution in [2.75, 3.05) is 0 Å². The Morgan fingerprint density at radius 3 is 2.57 bits per heavy atom. The summed E-state index contributed by atoms with van der Waals surface area (Å²) in [6.45, 7) is 0. The first-order valence-corrected chi connectivity index (χ1v) is 6.67. The van der Waals surface area contributed by atoms with E-state index in [-0.39, 0.29) is 10.7 Å². The van der Waals surface area contributed by atoms with E-state index in [1.165, 1.54) is 0 Å². The molecule has 5 heteroatoms. The molecular formula is C16H11ClN2O2. The number of rotatable bonds is 3. The molecule has 2 aromatic heterocycles. The molecule has 0 unspecified atom stereocenters. The Bertz CT molecular complexity index is 838. The van der Waals surface area contributed by atoms with Gasteiger partial charge in [-0.25, -0.2) is 9.78 Å². The third-order valence-corrected chi connectivity index (χ3v) is 3.40. The monoisotopic (exact) mass is 298 g/mol. The number of benzene rings is 1. The fourth-order valence-electron chi connectivity index (χ4n) is 2.14. The molecule has 2 heterocycles. The molecule has 21 heavy (non-hydrogen) atoms. The number of pyridine rings is 1. The molecule has 0 amide bonds. The maximum atomic E-state index is 11.5. The van der Waals surface area contributed by atoms with E-state index in [1.807, 2.05) is 24.3 Å². The van der Waals surface area contributed by atoms with Gasteiger partial charge >= 0.3 is 5.97 Å². The summed E-state index contributed by atoms with van der Waals surface area (Å²) in [4.78, 5) is 15.7. The molecule has 1 aromatic carbocycles. The van der Waals surface area contributed by atoms with E-state index in [9.17, 15) is 9.90 Å². The SMILES string of the molecule is O=C(O)/C(=C\c1c(Cl)nc2ccccn12)c1ccccc1. The number of carboxylic acids is 1. The van der Waals surface area contributed by atoms with Crippen molar-refractivity contribution in [3.05, 3.63) is 71.1 Å². The summed E-state index contributed by atoms with van der Waals surface area (Å²) >= 11 is 6.13. The summed E-state index contributed by atoms with van der Waals surface area (Å²) in [6, 6.07) is 14.4. The predicted octanol–water partition coefficient (Wildman–Crippen LogP) is 3.61. The van der Waals surface area contributed by atoms with Crippen LogP contribution in [-0.4, -0.2) is 20.5 Å². The Morgan fingerprint density at radius 1 is 1.14 bits per heavy atom. The zero-order valence-electron chi connectivity index (χ0n) is 10.9. The van der Waals surface area contributed by atoms with Crippen molar-refractivity contribution in [3.63, 3.8) is 0 Å². The van der Waals surface area contributed by atoms with Crippen LogP contribution in [0.25, 0.3) is 17.3 Å². The second-order valence-electron chi connectivity index (χ2n) is 4.45. The fraction of sp³-hybridized carbons (Fsp3) is 0. The fourth-order valence-corrected chi connectivity index (χ4v) is 2.37. The van der Waals surface area contributed by atoms with Crippen LogP contribution in [0, 0.1) is 0 Å². The lowest BCUT2D eigenvalue weighted by atomic mass is 10.1. The van der Waals surface area contributed by atoms with Crippen molar-refractivity contribution in [2.45, 2.75) is 0 Å². The minimum absolute atomic E-state index is 0.170. The van der Waals surface area contributed by atoms with Gasteiger partial charge in [0, 0.05) is 6.20 Å². The van der Waals surface area contributed by atoms with Crippen LogP contribution in [0.2, 0.25) is 5.15 Å². The zero-order chi connectivity index (χ0) is 14.8. The van der Waals surface area contributed by atoms with E-state index in [4.69, 9.17) is 11.6 Å². The number of aromatic nitrogens is 2. The first kappa shape index (κ1) is 13.4. The highest BCUT2D eigenvalue weighted by molar-refractivity contribution is 6.32. The number of imidazole rings is 1. The Balaban J connectivity index is 2.21. The van der Waals surface area contributed by atoms with Crippen molar-refractivity contribution in [1.82, 2.24) is 9.38 Å². The topological polar surface area (TPSA) is 54.6 Å². The molecule has 0 radical (unpaired) electrons. The number of hydrogen-bond donors (Lipinski definition) is 1. The number of hydrogen-bond acceptors (Lipinski definition) is 2. The molecule has 0 atom stereocenters. The summed E-state index contributed by atoms with van der Waals surface area (Å²) in [5, 5.41) is 9.72. The molecule has 0 saturated heterocycles. The van der Waals surface area contributed by atoms with Gasteiger partial charge in [-0.2, -0.15) is 0 Å². The van der Waals surface area contributed by atoms with Crippen LogP contribution in [0.4, 0.5) is 0 Å². The van der Waals surface area contributed by atoms with E-state index < -0.39 is 5.97 Å². The molecule has 0 fully saturated rings. The molecule has 0 aliphatic rings. The number of carboxylic acid groups (broad SMARTS) is 1. The summed E-state index contributed by atoms with van der Waals surface area (Å²) in [7, 11) is 0. The van der Waals surface area contributed by atoms with Gasteiger partial charge in [0.05, 0.1) is 11.3 Å². The largest absolute Gasteiger partial charge is 0.478 e. The lowest BCUT2D eigenvalue weighted by Gasteiger charge is -2.03. The number of fused-ring (bicyclic) bond motifs is 1. The number of carbonyl (C=O) groups is 1. The molecule has 4 nitrogen and oxygen atoms in total. The molecule has 104 valence electrons. The van der Waals surface area contributed by atoms with Gasteiger partial charge in [-0.05, 0) is 23.8 Å². The molecule has 1 N–H and O–H groups in total. The predicted molar refractivity (Wildman–Crippen MR) is 82.2 cm³/mol. The summed E-state index contributed by atoms with van der Waals surface area (Å²) < 4.78 is 1.76. The van der Waals surface area contributed by atoms with E-state index >= 15 is 0 Å². The van der Waals surface area contributed by atoms with Gasteiger partial charge in [0.1, 0.15) is 5.65 Å². The lowest BCUT2D eigenvalue weighted by Crippen LogP contribution is -2.00. The maximum absolute atomic E-state index is 11.5. The van der Waals surface area contributed by atoms with Gasteiger partial charge < -0.3 is 5.11 Å². The zero-order valence-corrected chi connectivity index (χ0v) is 11.7. The Morgan fingerprint density at radius 2 is 1.86 bits per heavy atom. The van der Waals surface area contributed by atoms with Crippen molar-refractivity contribution in [3.8, 4) is 0 Å². The summed E-state index contributed by atoms with van der Waals surface area (Å²) in [5.74, 6) is -1.01. The van der Waals surface area contributed by atoms with Crippen LogP contribution in [0.3, 0.4) is 0 Å².